The summed E-state index contributed by atoms with van der Waals surface area (Å²) in [6.45, 7) is 11.5. The molecule has 15 N–H and O–H groups in total. The number of guanidine groups is 1. The van der Waals surface area contributed by atoms with Crippen molar-refractivity contribution in [2.75, 3.05) is 13.1 Å². The van der Waals surface area contributed by atoms with E-state index in [2.05, 4.69) is 41.5 Å². The third-order valence-corrected chi connectivity index (χ3v) is 9.45. The Morgan fingerprint density at radius 1 is 0.764 bits per heavy atom. The molecule has 0 saturated heterocycles. The Morgan fingerprint density at radius 3 is 1.80 bits per heavy atom. The molecule has 0 unspecified atom stereocenters. The summed E-state index contributed by atoms with van der Waals surface area (Å²) in [4.78, 5) is 91.0. The molecule has 0 aromatic carbocycles. The number of carboxylic acids is 1. The summed E-state index contributed by atoms with van der Waals surface area (Å²) in [5.74, 6) is -5.20. The zero-order valence-corrected chi connectivity index (χ0v) is 33.2. The highest BCUT2D eigenvalue weighted by Gasteiger charge is 2.34. The standard InChI is InChI=1S/C36H66N12O7/c1-7-21(5)28(38)34(53)45-25(13-11-15-42-36(39)40)30(49)44-24(12-9-10-14-37)31(50)47-27(17-23-18-41-19-43-23)32(51)46-26(16-20(3)4)33(52)48-29(35(54)55)22(6)8-2/h18-22,24-29H,7-17,37-38H2,1-6H3,(H,41,43)(H,44,49)(H,45,53)(H,46,51)(H,47,50)(H,48,52)(H,54,55)(H4,39,40,42)/t21-,22-,24-,25-,26-,27-,28-,29-/m0/s1. The summed E-state index contributed by atoms with van der Waals surface area (Å²) in [7, 11) is 0. The Bertz CT molecular complexity index is 1390. The smallest absolute Gasteiger partial charge is 0.326 e. The number of nitrogens with one attached hydrogen (secondary N) is 6. The number of rotatable bonds is 27. The topological polar surface area (TPSA) is 328 Å². The van der Waals surface area contributed by atoms with Gasteiger partial charge in [-0.2, -0.15) is 0 Å². The molecule has 1 aromatic heterocycles. The molecular weight excluding hydrogens is 712 g/mol. The fraction of sp³-hybridized carbons (Fsp3) is 0.722. The Hall–Kier alpha value is -4.78. The molecule has 0 spiro atoms. The molecule has 0 aliphatic carbocycles. The van der Waals surface area contributed by atoms with E-state index in [1.165, 1.54) is 12.5 Å². The lowest BCUT2D eigenvalue weighted by molar-refractivity contribution is -0.144. The van der Waals surface area contributed by atoms with Crippen molar-refractivity contribution in [1.29, 1.82) is 0 Å². The number of aromatic nitrogens is 2. The number of nitrogens with zero attached hydrogens (tertiary/aromatic N) is 2. The summed E-state index contributed by atoms with van der Waals surface area (Å²) in [5, 5.41) is 23.2. The highest BCUT2D eigenvalue weighted by molar-refractivity contribution is 5.96. The zero-order chi connectivity index (χ0) is 41.7. The van der Waals surface area contributed by atoms with Gasteiger partial charge in [-0.1, -0.05) is 54.4 Å². The second kappa shape index (κ2) is 25.3. The molecule has 0 aliphatic rings. The second-order valence-electron chi connectivity index (χ2n) is 14.5. The number of aromatic amines is 1. The Balaban J connectivity index is 3.40. The van der Waals surface area contributed by atoms with Crippen molar-refractivity contribution in [3.05, 3.63) is 18.2 Å². The number of carboxylic acid groups (broad SMARTS) is 1. The van der Waals surface area contributed by atoms with Crippen molar-refractivity contribution in [2.24, 2.45) is 45.7 Å². The highest BCUT2D eigenvalue weighted by atomic mass is 16.4. The lowest BCUT2D eigenvalue weighted by Crippen LogP contribution is -2.60. The Morgan fingerprint density at radius 2 is 1.29 bits per heavy atom. The summed E-state index contributed by atoms with van der Waals surface area (Å²) in [6.07, 6.45) is 5.74. The van der Waals surface area contributed by atoms with E-state index < -0.39 is 71.8 Å². The number of aliphatic carboxylic acids is 1. The molecule has 8 atom stereocenters. The Kier molecular flexibility index (Phi) is 22.2. The van der Waals surface area contributed by atoms with Crippen LogP contribution < -0.4 is 49.5 Å². The molecule has 1 aromatic rings. The van der Waals surface area contributed by atoms with Crippen LogP contribution in [0.4, 0.5) is 0 Å². The first-order valence-corrected chi connectivity index (χ1v) is 19.2. The van der Waals surface area contributed by atoms with Crippen molar-refractivity contribution in [1.82, 2.24) is 36.6 Å². The molecule has 0 bridgehead atoms. The number of nitrogens with two attached hydrogens (primary N) is 4. The first kappa shape index (κ1) is 48.2. The minimum atomic E-state index is -1.25. The quantitative estimate of drug-likeness (QED) is 0.0294. The van der Waals surface area contributed by atoms with Gasteiger partial charge in [0.05, 0.1) is 12.4 Å². The third-order valence-electron chi connectivity index (χ3n) is 9.45. The maximum Gasteiger partial charge on any atom is 0.326 e. The van der Waals surface area contributed by atoms with Crippen LogP contribution in [0.1, 0.15) is 98.6 Å². The van der Waals surface area contributed by atoms with Gasteiger partial charge in [0.2, 0.25) is 29.5 Å². The van der Waals surface area contributed by atoms with E-state index >= 15 is 0 Å². The van der Waals surface area contributed by atoms with E-state index in [0.29, 0.717) is 44.3 Å². The van der Waals surface area contributed by atoms with Crippen molar-refractivity contribution >= 4 is 41.5 Å². The zero-order valence-electron chi connectivity index (χ0n) is 33.2. The highest BCUT2D eigenvalue weighted by Crippen LogP contribution is 2.13. The van der Waals surface area contributed by atoms with Crippen LogP contribution in [0.3, 0.4) is 0 Å². The molecular formula is C36H66N12O7. The second-order valence-corrected chi connectivity index (χ2v) is 14.5. The first-order valence-electron chi connectivity index (χ1n) is 19.2. The van der Waals surface area contributed by atoms with Gasteiger partial charge in [0, 0.05) is 24.9 Å². The van der Waals surface area contributed by atoms with Gasteiger partial charge in [-0.25, -0.2) is 9.78 Å². The number of unbranched alkanes of at least 4 members (excludes halogenated alkanes) is 1. The predicted octanol–water partition coefficient (Wildman–Crippen LogP) is -0.891. The number of hydrogen-bond donors (Lipinski definition) is 11. The molecule has 55 heavy (non-hydrogen) atoms. The van der Waals surface area contributed by atoms with Gasteiger partial charge in [0.1, 0.15) is 30.2 Å². The number of carbonyl (C=O) groups is 6. The predicted molar refractivity (Wildman–Crippen MR) is 209 cm³/mol. The van der Waals surface area contributed by atoms with Crippen molar-refractivity contribution < 1.29 is 33.9 Å². The number of carbonyl (C=O) groups excluding carboxylic acids is 5. The molecule has 0 aliphatic heterocycles. The molecule has 0 saturated carbocycles. The van der Waals surface area contributed by atoms with E-state index in [1.54, 1.807) is 6.92 Å². The summed E-state index contributed by atoms with van der Waals surface area (Å²) in [6, 6.07) is -6.67. The van der Waals surface area contributed by atoms with Gasteiger partial charge in [-0.05, 0) is 62.8 Å². The maximum atomic E-state index is 14.0. The number of imidazole rings is 1. The van der Waals surface area contributed by atoms with Crippen LogP contribution in [0.15, 0.2) is 17.5 Å². The maximum absolute atomic E-state index is 14.0. The fourth-order valence-electron chi connectivity index (χ4n) is 5.60. The van der Waals surface area contributed by atoms with Gasteiger partial charge in [-0.3, -0.25) is 29.0 Å². The van der Waals surface area contributed by atoms with Crippen molar-refractivity contribution in [3.8, 4) is 0 Å². The van der Waals surface area contributed by atoms with Crippen LogP contribution in [-0.2, 0) is 35.2 Å². The monoisotopic (exact) mass is 779 g/mol. The average Bonchev–Trinajstić information content (AvgIpc) is 3.65. The van der Waals surface area contributed by atoms with E-state index in [4.69, 9.17) is 22.9 Å². The van der Waals surface area contributed by atoms with Gasteiger partial charge in [0.25, 0.3) is 0 Å². The average molecular weight is 779 g/mol. The number of aliphatic imine (C=N–C) groups is 1. The fourth-order valence-corrected chi connectivity index (χ4v) is 5.60. The lowest BCUT2D eigenvalue weighted by atomic mass is 9.97. The molecule has 5 amide bonds. The SMILES string of the molecule is CC[C@H](C)[C@H](N)C(=O)N[C@@H](CCCN=C(N)N)C(=O)N[C@@H](CCCCN)C(=O)N[C@@H](Cc1cnc[nH]1)C(=O)N[C@@H](CC(C)C)C(=O)N[C@H](C(=O)O)[C@@H](C)CC. The van der Waals surface area contributed by atoms with Gasteiger partial charge in [0.15, 0.2) is 5.96 Å². The van der Waals surface area contributed by atoms with Gasteiger partial charge in [-0.15, -0.1) is 0 Å². The van der Waals surface area contributed by atoms with Crippen LogP contribution in [0.25, 0.3) is 0 Å². The summed E-state index contributed by atoms with van der Waals surface area (Å²) < 4.78 is 0. The largest absolute Gasteiger partial charge is 0.480 e. The minimum Gasteiger partial charge on any atom is -0.480 e. The number of amides is 5. The third kappa shape index (κ3) is 17.9. The number of hydrogen-bond acceptors (Lipinski definition) is 10. The van der Waals surface area contributed by atoms with E-state index in [1.807, 2.05) is 34.6 Å². The van der Waals surface area contributed by atoms with Crippen LogP contribution >= 0.6 is 0 Å². The number of H-pyrrole nitrogens is 1. The van der Waals surface area contributed by atoms with Crippen LogP contribution in [0.2, 0.25) is 0 Å². The molecule has 19 nitrogen and oxygen atoms in total. The normalized spacial score (nSPS) is 15.6. The molecule has 0 radical (unpaired) electrons. The van der Waals surface area contributed by atoms with Crippen LogP contribution in [0.5, 0.6) is 0 Å². The lowest BCUT2D eigenvalue weighted by Gasteiger charge is -2.28. The van der Waals surface area contributed by atoms with Crippen LogP contribution in [0, 0.1) is 17.8 Å². The van der Waals surface area contributed by atoms with E-state index in [0.717, 1.165) is 0 Å². The van der Waals surface area contributed by atoms with Gasteiger partial charge >= 0.3 is 5.97 Å². The Labute approximate surface area is 324 Å². The molecule has 312 valence electrons. The molecule has 19 heteroatoms. The minimum absolute atomic E-state index is 0.0569. The molecule has 1 rings (SSSR count). The van der Waals surface area contributed by atoms with E-state index in [-0.39, 0.29) is 55.9 Å². The van der Waals surface area contributed by atoms with Gasteiger partial charge < -0.3 is 59.6 Å². The van der Waals surface area contributed by atoms with Crippen molar-refractivity contribution in [2.45, 2.75) is 136 Å². The summed E-state index contributed by atoms with van der Waals surface area (Å²) in [5.41, 5.74) is 23.2. The molecule has 0 fully saturated rings. The summed E-state index contributed by atoms with van der Waals surface area (Å²) >= 11 is 0. The van der Waals surface area contributed by atoms with Crippen molar-refractivity contribution in [3.63, 3.8) is 0 Å². The molecule has 1 heterocycles. The first-order chi connectivity index (χ1) is 25.9. The van der Waals surface area contributed by atoms with E-state index in [9.17, 15) is 33.9 Å². The van der Waals surface area contributed by atoms with Crippen LogP contribution in [-0.4, -0.2) is 106 Å².